The van der Waals surface area contributed by atoms with E-state index in [1.165, 1.54) is 11.9 Å². The Bertz CT molecular complexity index is 409. The van der Waals surface area contributed by atoms with Gasteiger partial charge in [-0.2, -0.15) is 0 Å². The van der Waals surface area contributed by atoms with Crippen molar-refractivity contribution >= 4 is 23.8 Å². The van der Waals surface area contributed by atoms with E-state index < -0.39 is 36.9 Å². The highest BCUT2D eigenvalue weighted by Gasteiger charge is 2.35. The number of rotatable bonds is 6. The topological polar surface area (TPSA) is 98.2 Å². The first kappa shape index (κ1) is 14.9. The molecule has 0 aromatic rings. The summed E-state index contributed by atoms with van der Waals surface area (Å²) in [7, 11) is 1.46. The Balaban J connectivity index is 2.68. The number of nitrogens with zero attached hydrogens (tertiary/aromatic N) is 3. The van der Waals surface area contributed by atoms with Crippen LogP contribution in [0, 0.1) is 0 Å². The maximum absolute atomic E-state index is 11.9. The lowest BCUT2D eigenvalue weighted by Gasteiger charge is -2.22. The van der Waals surface area contributed by atoms with Crippen molar-refractivity contribution < 1.29 is 24.3 Å². The number of hydrogen-bond acceptors (Lipinski definition) is 4. The third kappa shape index (κ3) is 3.67. The van der Waals surface area contributed by atoms with Crippen LogP contribution in [0.15, 0.2) is 0 Å². The van der Waals surface area contributed by atoms with E-state index in [0.717, 1.165) is 9.80 Å². The molecule has 0 bridgehead atoms. The van der Waals surface area contributed by atoms with Gasteiger partial charge in [-0.05, 0) is 6.42 Å². The van der Waals surface area contributed by atoms with Gasteiger partial charge in [-0.25, -0.2) is 4.79 Å². The first-order valence-corrected chi connectivity index (χ1v) is 5.91. The number of carbonyl (C=O) groups is 4. The van der Waals surface area contributed by atoms with Gasteiger partial charge in [0.05, 0.1) is 0 Å². The van der Waals surface area contributed by atoms with E-state index in [0.29, 0.717) is 6.42 Å². The molecule has 1 saturated heterocycles. The van der Waals surface area contributed by atoms with Crippen LogP contribution in [0.5, 0.6) is 0 Å². The third-order valence-corrected chi connectivity index (χ3v) is 2.70. The molecule has 1 rings (SSSR count). The molecule has 0 saturated carbocycles. The van der Waals surface area contributed by atoms with Crippen molar-refractivity contribution in [1.29, 1.82) is 0 Å². The van der Waals surface area contributed by atoms with Crippen molar-refractivity contribution in [3.8, 4) is 0 Å². The fourth-order valence-corrected chi connectivity index (χ4v) is 1.78. The van der Waals surface area contributed by atoms with E-state index in [9.17, 15) is 19.2 Å². The van der Waals surface area contributed by atoms with Crippen LogP contribution in [-0.2, 0) is 14.4 Å². The molecule has 1 heterocycles. The fraction of sp³-hybridized carbons (Fsp3) is 0.636. The lowest BCUT2D eigenvalue weighted by Crippen LogP contribution is -2.45. The predicted molar refractivity (Wildman–Crippen MR) is 64.2 cm³/mol. The lowest BCUT2D eigenvalue weighted by molar-refractivity contribution is -0.145. The quantitative estimate of drug-likeness (QED) is 0.638. The summed E-state index contributed by atoms with van der Waals surface area (Å²) in [5, 5.41) is 8.72. The molecule has 1 aliphatic heterocycles. The summed E-state index contributed by atoms with van der Waals surface area (Å²) in [5.41, 5.74) is 0. The van der Waals surface area contributed by atoms with Crippen LogP contribution in [0.1, 0.15) is 13.3 Å². The summed E-state index contributed by atoms with van der Waals surface area (Å²) < 4.78 is 0. The minimum Gasteiger partial charge on any atom is -0.480 e. The molecular formula is C11H17N3O5. The summed E-state index contributed by atoms with van der Waals surface area (Å²) in [6.07, 6.45) is 0.598. The molecule has 1 fully saturated rings. The number of likely N-dealkylation sites (N-methyl/N-ethyl adjacent to an activating group) is 1. The molecule has 0 spiro atoms. The first-order chi connectivity index (χ1) is 8.86. The van der Waals surface area contributed by atoms with Gasteiger partial charge in [0.15, 0.2) is 0 Å². The number of carbonyl (C=O) groups excluding carboxylic acids is 3. The standard InChI is InChI=1S/C11H17N3O5/c1-3-4-13(7-10(17)18)8(15)6-14-9(16)5-12(2)11(14)19/h3-7H2,1-2H3,(H,17,18). The molecule has 0 aromatic carbocycles. The zero-order valence-corrected chi connectivity index (χ0v) is 11.0. The van der Waals surface area contributed by atoms with Crippen molar-refractivity contribution in [2.45, 2.75) is 13.3 Å². The Hall–Kier alpha value is -2.12. The first-order valence-electron chi connectivity index (χ1n) is 5.91. The normalized spacial score (nSPS) is 15.1. The van der Waals surface area contributed by atoms with Crippen molar-refractivity contribution in [1.82, 2.24) is 14.7 Å². The van der Waals surface area contributed by atoms with Crippen LogP contribution in [0.25, 0.3) is 0 Å². The van der Waals surface area contributed by atoms with E-state index >= 15 is 0 Å². The summed E-state index contributed by atoms with van der Waals surface area (Å²) in [4.78, 5) is 48.9. The number of carboxylic acid groups (broad SMARTS) is 1. The molecule has 8 nitrogen and oxygen atoms in total. The van der Waals surface area contributed by atoms with Crippen molar-refractivity contribution in [2.24, 2.45) is 0 Å². The maximum Gasteiger partial charge on any atom is 0.327 e. The van der Waals surface area contributed by atoms with Gasteiger partial charge in [0.25, 0.3) is 5.91 Å². The van der Waals surface area contributed by atoms with Gasteiger partial charge in [-0.1, -0.05) is 6.92 Å². The Morgan fingerprint density at radius 2 is 2.00 bits per heavy atom. The minimum atomic E-state index is -1.13. The maximum atomic E-state index is 11.9. The highest BCUT2D eigenvalue weighted by Crippen LogP contribution is 2.08. The van der Waals surface area contributed by atoms with Crippen LogP contribution in [0.2, 0.25) is 0 Å². The molecule has 19 heavy (non-hydrogen) atoms. The second kappa shape index (κ2) is 6.17. The molecule has 8 heteroatoms. The average molecular weight is 271 g/mol. The van der Waals surface area contributed by atoms with Crippen LogP contribution in [0.3, 0.4) is 0 Å². The summed E-state index contributed by atoms with van der Waals surface area (Å²) in [6.45, 7) is 1.19. The number of imide groups is 1. The van der Waals surface area contributed by atoms with Gasteiger partial charge in [0.1, 0.15) is 19.6 Å². The predicted octanol–water partition coefficient (Wildman–Crippen LogP) is -0.796. The fourth-order valence-electron chi connectivity index (χ4n) is 1.78. The molecule has 1 aliphatic rings. The van der Waals surface area contributed by atoms with E-state index in [1.54, 1.807) is 0 Å². The van der Waals surface area contributed by atoms with Crippen LogP contribution < -0.4 is 0 Å². The molecule has 4 amide bonds. The van der Waals surface area contributed by atoms with E-state index in [2.05, 4.69) is 0 Å². The van der Waals surface area contributed by atoms with Crippen LogP contribution in [0.4, 0.5) is 4.79 Å². The summed E-state index contributed by atoms with van der Waals surface area (Å²) >= 11 is 0. The highest BCUT2D eigenvalue weighted by atomic mass is 16.4. The Morgan fingerprint density at radius 1 is 1.37 bits per heavy atom. The second-order valence-electron chi connectivity index (χ2n) is 4.33. The number of aliphatic carboxylic acids is 1. The molecule has 0 radical (unpaired) electrons. The molecule has 0 unspecified atom stereocenters. The average Bonchev–Trinajstić information content (AvgIpc) is 2.55. The molecular weight excluding hydrogens is 254 g/mol. The minimum absolute atomic E-state index is 0.0567. The highest BCUT2D eigenvalue weighted by molar-refractivity contribution is 6.04. The molecule has 0 aliphatic carbocycles. The van der Waals surface area contributed by atoms with Gasteiger partial charge in [0, 0.05) is 13.6 Å². The van der Waals surface area contributed by atoms with E-state index in [4.69, 9.17) is 5.11 Å². The zero-order chi connectivity index (χ0) is 14.6. The molecule has 1 N–H and O–H groups in total. The smallest absolute Gasteiger partial charge is 0.327 e. The summed E-state index contributed by atoms with van der Waals surface area (Å²) in [6, 6.07) is -0.537. The van der Waals surface area contributed by atoms with Crippen molar-refractivity contribution in [3.63, 3.8) is 0 Å². The summed E-state index contributed by atoms with van der Waals surface area (Å²) in [5.74, 6) is -2.12. The largest absolute Gasteiger partial charge is 0.480 e. The number of urea groups is 1. The van der Waals surface area contributed by atoms with Gasteiger partial charge in [-0.15, -0.1) is 0 Å². The lowest BCUT2D eigenvalue weighted by atomic mass is 10.3. The monoisotopic (exact) mass is 271 g/mol. The Morgan fingerprint density at radius 3 is 2.42 bits per heavy atom. The van der Waals surface area contributed by atoms with E-state index in [1.807, 2.05) is 6.92 Å². The number of amides is 4. The Kier molecular flexibility index (Phi) is 4.85. The molecule has 0 aromatic heterocycles. The third-order valence-electron chi connectivity index (χ3n) is 2.70. The van der Waals surface area contributed by atoms with Crippen molar-refractivity contribution in [2.75, 3.05) is 33.2 Å². The van der Waals surface area contributed by atoms with Gasteiger partial charge in [0.2, 0.25) is 5.91 Å². The SMILES string of the molecule is CCCN(CC(=O)O)C(=O)CN1C(=O)CN(C)C1=O. The Labute approximate surface area is 110 Å². The van der Waals surface area contributed by atoms with Gasteiger partial charge >= 0.3 is 12.0 Å². The number of hydrogen-bond donors (Lipinski definition) is 1. The van der Waals surface area contributed by atoms with Gasteiger partial charge < -0.3 is 14.9 Å². The van der Waals surface area contributed by atoms with E-state index in [-0.39, 0.29) is 13.1 Å². The van der Waals surface area contributed by atoms with Crippen molar-refractivity contribution in [3.05, 3.63) is 0 Å². The number of carboxylic acids is 1. The second-order valence-corrected chi connectivity index (χ2v) is 4.33. The molecule has 0 atom stereocenters. The molecule has 106 valence electrons. The van der Waals surface area contributed by atoms with Crippen LogP contribution >= 0.6 is 0 Å². The van der Waals surface area contributed by atoms with Gasteiger partial charge in [-0.3, -0.25) is 19.3 Å². The van der Waals surface area contributed by atoms with Crippen LogP contribution in [-0.4, -0.2) is 76.8 Å². The zero-order valence-electron chi connectivity index (χ0n) is 11.0.